The third-order valence-electron chi connectivity index (χ3n) is 4.26. The van der Waals surface area contributed by atoms with Crippen LogP contribution in [0.1, 0.15) is 0 Å². The molecule has 5 aromatic rings. The molecule has 2 aromatic carbocycles. The van der Waals surface area contributed by atoms with Gasteiger partial charge in [-0.25, -0.2) is 9.97 Å². The van der Waals surface area contributed by atoms with E-state index in [0.717, 1.165) is 44.6 Å². The average molecular weight is 326 g/mol. The van der Waals surface area contributed by atoms with Gasteiger partial charge in [0.2, 0.25) is 0 Å². The van der Waals surface area contributed by atoms with E-state index in [9.17, 15) is 0 Å². The number of aromatic nitrogens is 5. The summed E-state index contributed by atoms with van der Waals surface area (Å²) < 4.78 is 0. The van der Waals surface area contributed by atoms with Gasteiger partial charge in [0, 0.05) is 22.8 Å². The van der Waals surface area contributed by atoms with Crippen molar-refractivity contribution in [2.75, 3.05) is 5.32 Å². The molecule has 120 valence electrons. The van der Waals surface area contributed by atoms with Gasteiger partial charge in [0.05, 0.1) is 17.1 Å². The van der Waals surface area contributed by atoms with Gasteiger partial charge in [0.25, 0.3) is 0 Å². The molecule has 6 heteroatoms. The predicted molar refractivity (Wildman–Crippen MR) is 98.7 cm³/mol. The fourth-order valence-electron chi connectivity index (χ4n) is 3.06. The lowest BCUT2D eigenvalue weighted by Gasteiger charge is -2.08. The Hall–Kier alpha value is -3.67. The van der Waals surface area contributed by atoms with Gasteiger partial charge < -0.3 is 10.3 Å². The maximum Gasteiger partial charge on any atom is 0.143 e. The second-order valence-corrected chi connectivity index (χ2v) is 5.81. The standard InChI is InChI=1S/C19H14N6/c1-2-4-12(5-3-1)15-10-20-18-17(15)19(22-11-21-18)24-14-6-7-16-13(8-14)9-23-25-16/h1-11H,(H,23,25)(H2,20,21,22,24). The number of anilines is 2. The first-order chi connectivity index (χ1) is 12.4. The zero-order valence-corrected chi connectivity index (χ0v) is 13.2. The SMILES string of the molecule is c1ccc(-c2c[nH]c3ncnc(Nc4ccc5[nH]ncc5c4)c23)cc1. The Kier molecular flexibility index (Phi) is 3.00. The molecule has 0 aliphatic heterocycles. The van der Waals surface area contributed by atoms with E-state index in [0.29, 0.717) is 0 Å². The molecule has 0 saturated heterocycles. The van der Waals surface area contributed by atoms with Crippen molar-refractivity contribution in [2.24, 2.45) is 0 Å². The van der Waals surface area contributed by atoms with Crippen LogP contribution in [-0.2, 0) is 0 Å². The van der Waals surface area contributed by atoms with Crippen LogP contribution in [0.4, 0.5) is 11.5 Å². The fraction of sp³-hybridized carbons (Fsp3) is 0. The topological polar surface area (TPSA) is 82.3 Å². The van der Waals surface area contributed by atoms with Gasteiger partial charge in [0.1, 0.15) is 17.8 Å². The van der Waals surface area contributed by atoms with Crippen molar-refractivity contribution in [3.63, 3.8) is 0 Å². The smallest absolute Gasteiger partial charge is 0.143 e. The van der Waals surface area contributed by atoms with Crippen molar-refractivity contribution in [1.29, 1.82) is 0 Å². The molecule has 3 heterocycles. The van der Waals surface area contributed by atoms with Crippen molar-refractivity contribution in [3.8, 4) is 11.1 Å². The quantitative estimate of drug-likeness (QED) is 0.463. The van der Waals surface area contributed by atoms with Crippen molar-refractivity contribution < 1.29 is 0 Å². The molecule has 5 rings (SSSR count). The highest BCUT2D eigenvalue weighted by Crippen LogP contribution is 2.33. The molecule has 0 aliphatic carbocycles. The zero-order valence-electron chi connectivity index (χ0n) is 13.2. The number of fused-ring (bicyclic) bond motifs is 2. The second-order valence-electron chi connectivity index (χ2n) is 5.81. The summed E-state index contributed by atoms with van der Waals surface area (Å²) in [7, 11) is 0. The lowest BCUT2D eigenvalue weighted by Crippen LogP contribution is -1.95. The van der Waals surface area contributed by atoms with E-state index in [1.165, 1.54) is 0 Å². The number of hydrogen-bond donors (Lipinski definition) is 3. The largest absolute Gasteiger partial charge is 0.345 e. The Morgan fingerprint density at radius 2 is 1.88 bits per heavy atom. The lowest BCUT2D eigenvalue weighted by molar-refractivity contribution is 1.12. The molecule has 3 N–H and O–H groups in total. The molecular formula is C19H14N6. The van der Waals surface area contributed by atoms with E-state index in [4.69, 9.17) is 0 Å². The summed E-state index contributed by atoms with van der Waals surface area (Å²) in [4.78, 5) is 12.0. The minimum Gasteiger partial charge on any atom is -0.345 e. The third-order valence-corrected chi connectivity index (χ3v) is 4.26. The highest BCUT2D eigenvalue weighted by Gasteiger charge is 2.13. The van der Waals surface area contributed by atoms with Crippen molar-refractivity contribution in [3.05, 3.63) is 67.3 Å². The molecular weight excluding hydrogens is 312 g/mol. The lowest BCUT2D eigenvalue weighted by atomic mass is 10.1. The molecule has 0 amide bonds. The van der Waals surface area contributed by atoms with Crippen LogP contribution >= 0.6 is 0 Å². The molecule has 0 radical (unpaired) electrons. The molecule has 3 aromatic heterocycles. The van der Waals surface area contributed by atoms with Crippen molar-refractivity contribution >= 4 is 33.4 Å². The molecule has 25 heavy (non-hydrogen) atoms. The fourth-order valence-corrected chi connectivity index (χ4v) is 3.06. The van der Waals surface area contributed by atoms with Crippen LogP contribution < -0.4 is 5.32 Å². The van der Waals surface area contributed by atoms with Gasteiger partial charge in [-0.1, -0.05) is 30.3 Å². The Labute approximate surface area is 143 Å². The van der Waals surface area contributed by atoms with Crippen LogP contribution in [0.15, 0.2) is 67.3 Å². The highest BCUT2D eigenvalue weighted by atomic mass is 15.1. The normalized spacial score (nSPS) is 11.2. The van der Waals surface area contributed by atoms with Crippen LogP contribution in [0, 0.1) is 0 Å². The first-order valence-electron chi connectivity index (χ1n) is 7.96. The summed E-state index contributed by atoms with van der Waals surface area (Å²) in [6, 6.07) is 16.3. The maximum absolute atomic E-state index is 4.46. The number of H-pyrrole nitrogens is 2. The van der Waals surface area contributed by atoms with Gasteiger partial charge in [-0.05, 0) is 23.8 Å². The molecule has 0 atom stereocenters. The number of nitrogens with one attached hydrogen (secondary N) is 3. The van der Waals surface area contributed by atoms with Gasteiger partial charge in [-0.3, -0.25) is 5.10 Å². The van der Waals surface area contributed by atoms with Crippen LogP contribution in [0.2, 0.25) is 0 Å². The van der Waals surface area contributed by atoms with E-state index in [-0.39, 0.29) is 0 Å². The Morgan fingerprint density at radius 1 is 0.960 bits per heavy atom. The number of rotatable bonds is 3. The van der Waals surface area contributed by atoms with Gasteiger partial charge in [-0.2, -0.15) is 5.10 Å². The highest BCUT2D eigenvalue weighted by molar-refractivity contribution is 6.02. The Morgan fingerprint density at radius 3 is 2.80 bits per heavy atom. The Balaban J connectivity index is 1.64. The predicted octanol–water partition coefficient (Wildman–Crippen LogP) is 4.24. The Bertz CT molecular complexity index is 1170. The van der Waals surface area contributed by atoms with Crippen LogP contribution in [0.25, 0.3) is 33.1 Å². The summed E-state index contributed by atoms with van der Waals surface area (Å²) in [5.74, 6) is 0.771. The van der Waals surface area contributed by atoms with E-state index in [1.807, 2.05) is 48.8 Å². The van der Waals surface area contributed by atoms with Crippen LogP contribution in [0.5, 0.6) is 0 Å². The van der Waals surface area contributed by atoms with Crippen LogP contribution in [0.3, 0.4) is 0 Å². The summed E-state index contributed by atoms with van der Waals surface area (Å²) >= 11 is 0. The van der Waals surface area contributed by atoms with Crippen LogP contribution in [-0.4, -0.2) is 25.1 Å². The van der Waals surface area contributed by atoms with Gasteiger partial charge in [-0.15, -0.1) is 0 Å². The zero-order chi connectivity index (χ0) is 16.6. The molecule has 0 unspecified atom stereocenters. The number of hydrogen-bond acceptors (Lipinski definition) is 4. The maximum atomic E-state index is 4.46. The summed E-state index contributed by atoms with van der Waals surface area (Å²) in [6.07, 6.45) is 5.34. The minimum absolute atomic E-state index is 0.771. The summed E-state index contributed by atoms with van der Waals surface area (Å²) in [5.41, 5.74) is 4.96. The molecule has 0 aliphatic rings. The van der Waals surface area contributed by atoms with E-state index in [1.54, 1.807) is 6.33 Å². The minimum atomic E-state index is 0.771. The molecule has 6 nitrogen and oxygen atoms in total. The summed E-state index contributed by atoms with van der Waals surface area (Å²) in [6.45, 7) is 0. The van der Waals surface area contributed by atoms with Crippen molar-refractivity contribution in [2.45, 2.75) is 0 Å². The van der Waals surface area contributed by atoms with E-state index in [2.05, 4.69) is 42.6 Å². The van der Waals surface area contributed by atoms with Crippen molar-refractivity contribution in [1.82, 2.24) is 25.1 Å². The average Bonchev–Trinajstić information content (AvgIpc) is 3.29. The van der Waals surface area contributed by atoms with E-state index >= 15 is 0 Å². The molecule has 0 bridgehead atoms. The van der Waals surface area contributed by atoms with Gasteiger partial charge in [0.15, 0.2) is 0 Å². The third kappa shape index (κ3) is 2.31. The first kappa shape index (κ1) is 13.7. The number of benzene rings is 2. The molecule has 0 spiro atoms. The van der Waals surface area contributed by atoms with E-state index < -0.39 is 0 Å². The molecule has 0 saturated carbocycles. The first-order valence-corrected chi connectivity index (χ1v) is 7.96. The molecule has 0 fully saturated rings. The van der Waals surface area contributed by atoms with Gasteiger partial charge >= 0.3 is 0 Å². The second kappa shape index (κ2) is 5.45. The number of aromatic amines is 2. The monoisotopic (exact) mass is 326 g/mol. The summed E-state index contributed by atoms with van der Waals surface area (Å²) in [5, 5.41) is 12.5. The number of nitrogens with zero attached hydrogens (tertiary/aromatic N) is 3.